The zero-order valence-corrected chi connectivity index (χ0v) is 18.1. The lowest BCUT2D eigenvalue weighted by atomic mass is 10.2. The van der Waals surface area contributed by atoms with E-state index in [1.54, 1.807) is 18.2 Å². The molecule has 1 aliphatic rings. The van der Waals surface area contributed by atoms with Crippen LogP contribution in [-0.4, -0.2) is 33.5 Å². The highest BCUT2D eigenvalue weighted by atomic mass is 79.9. The zero-order chi connectivity index (χ0) is 20.9. The van der Waals surface area contributed by atoms with Gasteiger partial charge in [0.15, 0.2) is 0 Å². The van der Waals surface area contributed by atoms with Crippen molar-refractivity contribution in [1.82, 2.24) is 10.0 Å². The highest BCUT2D eigenvalue weighted by molar-refractivity contribution is 9.10. The van der Waals surface area contributed by atoms with Gasteiger partial charge < -0.3 is 10.1 Å². The van der Waals surface area contributed by atoms with Gasteiger partial charge in [0.25, 0.3) is 5.91 Å². The van der Waals surface area contributed by atoms with Crippen molar-refractivity contribution in [3.63, 3.8) is 0 Å². The number of hydrogen-bond donors (Lipinski definition) is 2. The minimum atomic E-state index is -3.62. The maximum atomic E-state index is 12.8. The second-order valence-corrected chi connectivity index (χ2v) is 9.37. The van der Waals surface area contributed by atoms with E-state index in [0.29, 0.717) is 36.2 Å². The summed E-state index contributed by atoms with van der Waals surface area (Å²) < 4.78 is 46.2. The lowest BCUT2D eigenvalue weighted by Gasteiger charge is -2.10. The molecule has 1 amide bonds. The summed E-state index contributed by atoms with van der Waals surface area (Å²) in [5.74, 6) is -0.0663. The first-order valence-electron chi connectivity index (χ1n) is 9.33. The summed E-state index contributed by atoms with van der Waals surface area (Å²) in [6.45, 7) is 0.876. The highest BCUT2D eigenvalue weighted by Crippen LogP contribution is 2.25. The van der Waals surface area contributed by atoms with Gasteiger partial charge in [0.1, 0.15) is 11.6 Å². The lowest BCUT2D eigenvalue weighted by Crippen LogP contribution is -2.27. The summed E-state index contributed by atoms with van der Waals surface area (Å²) in [5.41, 5.74) is 0.270. The summed E-state index contributed by atoms with van der Waals surface area (Å²) in [6, 6.07) is 10.2. The van der Waals surface area contributed by atoms with Crippen molar-refractivity contribution in [2.75, 3.05) is 13.2 Å². The molecule has 1 saturated carbocycles. The first-order chi connectivity index (χ1) is 13.8. The Hall–Kier alpha value is -1.97. The molecular weight excluding hydrogens is 463 g/mol. The average Bonchev–Trinajstić information content (AvgIpc) is 3.49. The number of rotatable bonds is 10. The van der Waals surface area contributed by atoms with Crippen LogP contribution in [0, 0.1) is 5.82 Å². The van der Waals surface area contributed by atoms with Crippen LogP contribution in [0.2, 0.25) is 0 Å². The van der Waals surface area contributed by atoms with Crippen LogP contribution < -0.4 is 14.8 Å². The van der Waals surface area contributed by atoms with E-state index in [1.165, 1.54) is 24.3 Å². The molecule has 1 aliphatic carbocycles. The predicted octanol–water partition coefficient (Wildman–Crippen LogP) is 3.62. The quantitative estimate of drug-likeness (QED) is 0.504. The second kappa shape index (κ2) is 9.69. The van der Waals surface area contributed by atoms with Crippen LogP contribution in [0.25, 0.3) is 0 Å². The number of nitrogens with one attached hydrogen (secondary N) is 2. The molecule has 0 atom stereocenters. The number of amides is 1. The fourth-order valence-corrected chi connectivity index (χ4v) is 4.34. The predicted molar refractivity (Wildman–Crippen MR) is 111 cm³/mol. The van der Waals surface area contributed by atoms with Crippen molar-refractivity contribution in [1.29, 1.82) is 0 Å². The fourth-order valence-electron chi connectivity index (χ4n) is 2.58. The fraction of sp³-hybridized carbons (Fsp3) is 0.350. The SMILES string of the molecule is O=C(NCCCCOc1ccc(F)cc1)c1cc(S(=O)(=O)NC2CC2)ccc1Br. The van der Waals surface area contributed by atoms with Gasteiger partial charge in [0.05, 0.1) is 17.1 Å². The molecule has 3 rings (SSSR count). The van der Waals surface area contributed by atoms with Crippen molar-refractivity contribution < 1.29 is 22.3 Å². The van der Waals surface area contributed by atoms with Gasteiger partial charge in [-0.3, -0.25) is 4.79 Å². The molecule has 0 spiro atoms. The van der Waals surface area contributed by atoms with Crippen LogP contribution in [-0.2, 0) is 10.0 Å². The molecule has 9 heteroatoms. The number of benzene rings is 2. The van der Waals surface area contributed by atoms with Gasteiger partial charge in [0, 0.05) is 17.1 Å². The summed E-state index contributed by atoms with van der Waals surface area (Å²) in [6.07, 6.45) is 3.08. The molecule has 0 saturated heterocycles. The van der Waals surface area contributed by atoms with Crippen LogP contribution >= 0.6 is 15.9 Å². The number of hydrogen-bond acceptors (Lipinski definition) is 4. The van der Waals surface area contributed by atoms with Gasteiger partial charge in [-0.1, -0.05) is 0 Å². The van der Waals surface area contributed by atoms with E-state index in [-0.39, 0.29) is 28.2 Å². The molecule has 0 radical (unpaired) electrons. The maximum Gasteiger partial charge on any atom is 0.252 e. The smallest absolute Gasteiger partial charge is 0.252 e. The number of sulfonamides is 1. The molecule has 2 N–H and O–H groups in total. The van der Waals surface area contributed by atoms with Gasteiger partial charge in [-0.2, -0.15) is 0 Å². The lowest BCUT2D eigenvalue weighted by molar-refractivity contribution is 0.0951. The third-order valence-corrected chi connectivity index (χ3v) is 6.54. The summed E-state index contributed by atoms with van der Waals surface area (Å²) in [7, 11) is -3.62. The van der Waals surface area contributed by atoms with Gasteiger partial charge >= 0.3 is 0 Å². The molecule has 0 heterocycles. The van der Waals surface area contributed by atoms with Gasteiger partial charge in [-0.25, -0.2) is 17.5 Å². The number of unbranched alkanes of at least 4 members (excludes halogenated alkanes) is 1. The monoisotopic (exact) mass is 484 g/mol. The molecule has 29 heavy (non-hydrogen) atoms. The third kappa shape index (κ3) is 6.52. The minimum Gasteiger partial charge on any atom is -0.494 e. The third-order valence-electron chi connectivity index (χ3n) is 4.33. The van der Waals surface area contributed by atoms with Crippen molar-refractivity contribution in [3.05, 3.63) is 58.3 Å². The largest absolute Gasteiger partial charge is 0.494 e. The molecule has 0 aromatic heterocycles. The first-order valence-corrected chi connectivity index (χ1v) is 11.6. The molecule has 2 aromatic rings. The van der Waals surface area contributed by atoms with E-state index in [4.69, 9.17) is 4.74 Å². The number of carbonyl (C=O) groups is 1. The standard InChI is InChI=1S/C20H22BrFN2O4S/c21-19-10-9-17(29(26,27)24-15-5-6-15)13-18(19)20(25)23-11-1-2-12-28-16-7-3-14(22)4-8-16/h3-4,7-10,13,15,24H,1-2,5-6,11-12H2,(H,23,25). The normalized spacial score (nSPS) is 13.9. The topological polar surface area (TPSA) is 84.5 Å². The molecule has 0 bridgehead atoms. The van der Waals surface area contributed by atoms with E-state index in [9.17, 15) is 17.6 Å². The van der Waals surface area contributed by atoms with Crippen LogP contribution in [0.3, 0.4) is 0 Å². The molecular formula is C20H22BrFN2O4S. The van der Waals surface area contributed by atoms with Crippen LogP contribution in [0.4, 0.5) is 4.39 Å². The Labute approximate surface area is 178 Å². The molecule has 0 aliphatic heterocycles. The van der Waals surface area contributed by atoms with Crippen molar-refractivity contribution in [3.8, 4) is 5.75 Å². The number of halogens is 2. The Balaban J connectivity index is 1.46. The van der Waals surface area contributed by atoms with Gasteiger partial charge in [-0.15, -0.1) is 0 Å². The van der Waals surface area contributed by atoms with Crippen LogP contribution in [0.1, 0.15) is 36.0 Å². The molecule has 2 aromatic carbocycles. The summed E-state index contributed by atoms with van der Waals surface area (Å²) in [4.78, 5) is 12.5. The molecule has 0 unspecified atom stereocenters. The summed E-state index contributed by atoms with van der Waals surface area (Å²) >= 11 is 3.30. The zero-order valence-electron chi connectivity index (χ0n) is 15.7. The molecule has 1 fully saturated rings. The Morgan fingerprint density at radius 3 is 2.55 bits per heavy atom. The maximum absolute atomic E-state index is 12.8. The number of ether oxygens (including phenoxy) is 1. The van der Waals surface area contributed by atoms with E-state index in [2.05, 4.69) is 26.0 Å². The van der Waals surface area contributed by atoms with E-state index in [1.807, 2.05) is 0 Å². The van der Waals surface area contributed by atoms with Gasteiger partial charge in [0.2, 0.25) is 10.0 Å². The molecule has 156 valence electrons. The Bertz CT molecular complexity index is 963. The van der Waals surface area contributed by atoms with Crippen molar-refractivity contribution in [2.24, 2.45) is 0 Å². The van der Waals surface area contributed by atoms with Gasteiger partial charge in [-0.05, 0) is 84.1 Å². The van der Waals surface area contributed by atoms with E-state index in [0.717, 1.165) is 12.8 Å². The Morgan fingerprint density at radius 1 is 1.14 bits per heavy atom. The summed E-state index contributed by atoms with van der Waals surface area (Å²) in [5, 5.41) is 2.79. The van der Waals surface area contributed by atoms with Crippen molar-refractivity contribution >= 4 is 31.9 Å². The van der Waals surface area contributed by atoms with Crippen molar-refractivity contribution in [2.45, 2.75) is 36.6 Å². The van der Waals surface area contributed by atoms with E-state index < -0.39 is 10.0 Å². The first kappa shape index (κ1) is 21.7. The second-order valence-electron chi connectivity index (χ2n) is 6.80. The Morgan fingerprint density at radius 2 is 1.86 bits per heavy atom. The van der Waals surface area contributed by atoms with Crippen LogP contribution in [0.5, 0.6) is 5.75 Å². The number of carbonyl (C=O) groups excluding carboxylic acids is 1. The Kier molecular flexibility index (Phi) is 7.26. The van der Waals surface area contributed by atoms with E-state index >= 15 is 0 Å². The van der Waals surface area contributed by atoms with Crippen LogP contribution in [0.15, 0.2) is 51.8 Å². The average molecular weight is 485 g/mol. The highest BCUT2D eigenvalue weighted by Gasteiger charge is 2.28. The molecule has 6 nitrogen and oxygen atoms in total. The minimum absolute atomic E-state index is 0.00180.